The van der Waals surface area contributed by atoms with Crippen LogP contribution in [-0.2, 0) is 0 Å². The number of hydrogen-bond donors (Lipinski definition) is 1. The van der Waals surface area contributed by atoms with Gasteiger partial charge in [0.2, 0.25) is 0 Å². The van der Waals surface area contributed by atoms with E-state index < -0.39 is 0 Å². The topological polar surface area (TPSA) is 38.5 Å². The third kappa shape index (κ3) is 4.91. The molecule has 1 aliphatic heterocycles. The summed E-state index contributed by atoms with van der Waals surface area (Å²) < 4.78 is 6.18. The zero-order valence-corrected chi connectivity index (χ0v) is 13.4. The smallest absolute Gasteiger partial charge is 0.142 e. The molecule has 0 bridgehead atoms. The van der Waals surface area contributed by atoms with Crippen LogP contribution in [0.25, 0.3) is 0 Å². The summed E-state index contributed by atoms with van der Waals surface area (Å²) in [5.41, 5.74) is 6.58. The lowest BCUT2D eigenvalue weighted by Gasteiger charge is -2.22. The van der Waals surface area contributed by atoms with Crippen molar-refractivity contribution in [3.63, 3.8) is 0 Å². The lowest BCUT2D eigenvalue weighted by Crippen LogP contribution is -2.29. The van der Waals surface area contributed by atoms with Crippen molar-refractivity contribution < 1.29 is 4.74 Å². The first-order chi connectivity index (χ1) is 9.57. The van der Waals surface area contributed by atoms with Crippen molar-refractivity contribution in [1.29, 1.82) is 0 Å². The Morgan fingerprint density at radius 1 is 1.30 bits per heavy atom. The minimum Gasteiger partial charge on any atom is -0.491 e. The Balaban J connectivity index is 1.67. The highest BCUT2D eigenvalue weighted by Gasteiger charge is 2.23. The van der Waals surface area contributed by atoms with Crippen molar-refractivity contribution in [1.82, 2.24) is 4.90 Å². The molecule has 0 radical (unpaired) electrons. The van der Waals surface area contributed by atoms with E-state index in [9.17, 15) is 0 Å². The molecule has 3 nitrogen and oxygen atoms in total. The van der Waals surface area contributed by atoms with E-state index >= 15 is 0 Å². The largest absolute Gasteiger partial charge is 0.491 e. The molecule has 112 valence electrons. The summed E-state index contributed by atoms with van der Waals surface area (Å²) in [5.74, 6) is 2.04. The van der Waals surface area contributed by atoms with Crippen LogP contribution in [-0.4, -0.2) is 41.6 Å². The second kappa shape index (κ2) is 7.23. The molecule has 1 fully saturated rings. The lowest BCUT2D eigenvalue weighted by atomic mass is 10.1. The first-order valence-electron chi connectivity index (χ1n) is 7.40. The minimum atomic E-state index is 0.434. The number of nitrogen functional groups attached to an aromatic ring is 1. The van der Waals surface area contributed by atoms with E-state index in [4.69, 9.17) is 10.5 Å². The van der Waals surface area contributed by atoms with Crippen LogP contribution < -0.4 is 10.5 Å². The Morgan fingerprint density at radius 2 is 2.10 bits per heavy atom. The molecular formula is C16H26N2OS. The van der Waals surface area contributed by atoms with E-state index in [1.54, 1.807) is 0 Å². The average Bonchev–Trinajstić information content (AvgIpc) is 2.58. The highest BCUT2D eigenvalue weighted by atomic mass is 32.2. The van der Waals surface area contributed by atoms with Crippen molar-refractivity contribution in [2.45, 2.75) is 31.4 Å². The Morgan fingerprint density at radius 3 is 2.90 bits per heavy atom. The van der Waals surface area contributed by atoms with Crippen molar-refractivity contribution in [2.24, 2.45) is 0 Å². The van der Waals surface area contributed by atoms with Crippen LogP contribution in [0.4, 0.5) is 5.69 Å². The minimum absolute atomic E-state index is 0.434. The number of nitrogens with zero attached hydrogens (tertiary/aromatic N) is 1. The second-order valence-electron chi connectivity index (χ2n) is 5.94. The zero-order valence-electron chi connectivity index (χ0n) is 12.6. The molecule has 0 aliphatic carbocycles. The summed E-state index contributed by atoms with van der Waals surface area (Å²) in [6, 6.07) is 7.70. The van der Waals surface area contributed by atoms with E-state index in [1.165, 1.54) is 25.3 Å². The molecule has 1 aromatic carbocycles. The van der Waals surface area contributed by atoms with Crippen molar-refractivity contribution in [2.75, 3.05) is 37.7 Å². The fourth-order valence-electron chi connectivity index (χ4n) is 2.37. The van der Waals surface area contributed by atoms with E-state index in [0.29, 0.717) is 4.75 Å². The van der Waals surface area contributed by atoms with Crippen molar-refractivity contribution in [3.05, 3.63) is 24.3 Å². The summed E-state index contributed by atoms with van der Waals surface area (Å²) in [4.78, 5) is 2.56. The molecule has 4 heteroatoms. The average molecular weight is 294 g/mol. The summed E-state index contributed by atoms with van der Waals surface area (Å²) in [6.07, 6.45) is 2.32. The number of ether oxygens (including phenoxy) is 1. The molecule has 20 heavy (non-hydrogen) atoms. The number of hydrogen-bond acceptors (Lipinski definition) is 4. The van der Waals surface area contributed by atoms with E-state index in [2.05, 4.69) is 30.5 Å². The van der Waals surface area contributed by atoms with Crippen LogP contribution in [0.1, 0.15) is 26.7 Å². The summed E-state index contributed by atoms with van der Waals surface area (Å²) in [6.45, 7) is 8.95. The van der Waals surface area contributed by atoms with Gasteiger partial charge in [0.15, 0.2) is 0 Å². The lowest BCUT2D eigenvalue weighted by molar-refractivity contribution is 0.241. The van der Waals surface area contributed by atoms with Gasteiger partial charge in [-0.2, -0.15) is 11.8 Å². The monoisotopic (exact) mass is 294 g/mol. The number of nitrogens with two attached hydrogens (primary N) is 1. The van der Waals surface area contributed by atoms with Gasteiger partial charge in [0.05, 0.1) is 12.3 Å². The van der Waals surface area contributed by atoms with Gasteiger partial charge in [0.25, 0.3) is 0 Å². The van der Waals surface area contributed by atoms with Crippen molar-refractivity contribution >= 4 is 17.4 Å². The maximum Gasteiger partial charge on any atom is 0.142 e. The van der Waals surface area contributed by atoms with Gasteiger partial charge in [-0.05, 0) is 31.5 Å². The number of thioether (sulfide) groups is 1. The van der Waals surface area contributed by atoms with Crippen LogP contribution in [0.15, 0.2) is 24.3 Å². The SMILES string of the molecule is CC1(C)CCN(CCCOc2ccccc2N)CCS1. The van der Waals surface area contributed by atoms with Crippen molar-refractivity contribution in [3.8, 4) is 5.75 Å². The zero-order chi connectivity index (χ0) is 14.4. The second-order valence-corrected chi connectivity index (χ2v) is 7.74. The molecule has 0 unspecified atom stereocenters. The highest BCUT2D eigenvalue weighted by Crippen LogP contribution is 2.30. The van der Waals surface area contributed by atoms with E-state index in [0.717, 1.165) is 31.0 Å². The quantitative estimate of drug-likeness (QED) is 0.668. The van der Waals surface area contributed by atoms with Gasteiger partial charge in [-0.25, -0.2) is 0 Å². The molecule has 1 aromatic rings. The van der Waals surface area contributed by atoms with Gasteiger partial charge < -0.3 is 15.4 Å². The maximum atomic E-state index is 5.86. The van der Waals surface area contributed by atoms with Gasteiger partial charge in [-0.15, -0.1) is 0 Å². The number of para-hydroxylation sites is 2. The number of benzene rings is 1. The Bertz CT molecular complexity index is 423. The van der Waals surface area contributed by atoms with Gasteiger partial charge in [-0.1, -0.05) is 26.0 Å². The molecule has 0 atom stereocenters. The molecular weight excluding hydrogens is 268 g/mol. The third-order valence-corrected chi connectivity index (χ3v) is 5.10. The maximum absolute atomic E-state index is 5.86. The molecule has 2 N–H and O–H groups in total. The first-order valence-corrected chi connectivity index (χ1v) is 8.39. The van der Waals surface area contributed by atoms with E-state index in [1.807, 2.05) is 24.3 Å². The summed E-state index contributed by atoms with van der Waals surface area (Å²) in [5, 5.41) is 0. The molecule has 0 aromatic heterocycles. The molecule has 2 rings (SSSR count). The Hall–Kier alpha value is -0.870. The Labute approximate surface area is 126 Å². The fraction of sp³-hybridized carbons (Fsp3) is 0.625. The van der Waals surface area contributed by atoms with Gasteiger partial charge in [0.1, 0.15) is 5.75 Å². The molecule has 0 saturated carbocycles. The third-order valence-electron chi connectivity index (χ3n) is 3.73. The van der Waals surface area contributed by atoms with Gasteiger partial charge >= 0.3 is 0 Å². The number of anilines is 1. The molecule has 0 spiro atoms. The molecule has 1 aliphatic rings. The highest BCUT2D eigenvalue weighted by molar-refractivity contribution is 8.00. The normalized spacial score (nSPS) is 19.5. The fourth-order valence-corrected chi connectivity index (χ4v) is 3.51. The van der Waals surface area contributed by atoms with Gasteiger partial charge in [-0.3, -0.25) is 0 Å². The van der Waals surface area contributed by atoms with Crippen LogP contribution in [0.2, 0.25) is 0 Å². The Kier molecular flexibility index (Phi) is 5.61. The van der Waals surface area contributed by atoms with E-state index in [-0.39, 0.29) is 0 Å². The summed E-state index contributed by atoms with van der Waals surface area (Å²) in [7, 11) is 0. The predicted molar refractivity (Wildman–Crippen MR) is 88.6 cm³/mol. The summed E-state index contributed by atoms with van der Waals surface area (Å²) >= 11 is 2.09. The van der Waals surface area contributed by atoms with Gasteiger partial charge in [0, 0.05) is 23.6 Å². The molecule has 1 saturated heterocycles. The standard InChI is InChI=1S/C16H26N2OS/c1-16(2)8-10-18(11-13-20-16)9-5-12-19-15-7-4-3-6-14(15)17/h3-4,6-7H,5,8-13,17H2,1-2H3. The van der Waals surface area contributed by atoms with Crippen LogP contribution >= 0.6 is 11.8 Å². The first kappa shape index (κ1) is 15.5. The van der Waals surface area contributed by atoms with Crippen LogP contribution in [0.5, 0.6) is 5.75 Å². The molecule has 0 amide bonds. The van der Waals surface area contributed by atoms with Crippen LogP contribution in [0, 0.1) is 0 Å². The molecule has 1 heterocycles. The predicted octanol–water partition coefficient (Wildman–Crippen LogP) is 3.26. The van der Waals surface area contributed by atoms with Crippen LogP contribution in [0.3, 0.4) is 0 Å². The number of rotatable bonds is 5.